The van der Waals surface area contributed by atoms with Crippen LogP contribution in [0.4, 0.5) is 42.9 Å². The maximum atomic E-state index is 14.1. The molecular formula is C105H92BrCl4F5N12O5. The Bertz CT molecular complexity index is 7020. The number of anilines is 2. The predicted octanol–water partition coefficient (Wildman–Crippen LogP) is 26.1. The van der Waals surface area contributed by atoms with Gasteiger partial charge in [0.15, 0.2) is 0 Å². The number of hydrogen-bond donors (Lipinski definition) is 10. The number of fused-ring (bicyclic) bond motifs is 15. The maximum absolute atomic E-state index is 14.1. The highest BCUT2D eigenvalue weighted by Gasteiger charge is 2.38. The Morgan fingerprint density at radius 2 is 0.727 bits per heavy atom. The fourth-order valence-corrected chi connectivity index (χ4v) is 19.9. The highest BCUT2D eigenvalue weighted by molar-refractivity contribution is 9.10. The molecule has 0 saturated heterocycles. The van der Waals surface area contributed by atoms with E-state index in [2.05, 4.69) is 124 Å². The number of aromatic amines is 5. The van der Waals surface area contributed by atoms with Crippen LogP contribution in [0.2, 0.25) is 20.1 Å². The third-order valence-corrected chi connectivity index (χ3v) is 26.6. The van der Waals surface area contributed by atoms with Crippen molar-refractivity contribution in [3.8, 4) is 17.2 Å². The molecule has 0 aliphatic carbocycles. The van der Waals surface area contributed by atoms with E-state index in [4.69, 9.17) is 60.6 Å². The molecule has 22 rings (SSSR count). The molecule has 132 heavy (non-hydrogen) atoms. The number of carbonyl (C=O) groups excluding carboxylic acids is 2. The summed E-state index contributed by atoms with van der Waals surface area (Å²) in [7, 11) is 4.87. The van der Waals surface area contributed by atoms with Gasteiger partial charge < -0.3 is 75.5 Å². The van der Waals surface area contributed by atoms with E-state index in [1.807, 2.05) is 144 Å². The van der Waals surface area contributed by atoms with Gasteiger partial charge in [-0.15, -0.1) is 0 Å². The van der Waals surface area contributed by atoms with E-state index in [9.17, 15) is 31.5 Å². The van der Waals surface area contributed by atoms with Gasteiger partial charge in [-0.2, -0.15) is 0 Å². The maximum Gasteiger partial charge on any atom is 0.322 e. The Labute approximate surface area is 787 Å². The topological polar surface area (TPSA) is 207 Å². The first-order valence-electron chi connectivity index (χ1n) is 43.5. The number of rotatable bonds is 11. The number of ether oxygens (including phenoxy) is 3. The molecule has 5 atom stereocenters. The van der Waals surface area contributed by atoms with Gasteiger partial charge in [-0.3, -0.25) is 0 Å². The number of carbonyl (C=O) groups is 2. The molecule has 27 heteroatoms. The van der Waals surface area contributed by atoms with E-state index in [0.29, 0.717) is 68.7 Å². The number of urea groups is 2. The lowest BCUT2D eigenvalue weighted by atomic mass is 9.92. The number of aromatic nitrogens is 5. The van der Waals surface area contributed by atoms with Gasteiger partial charge in [-0.25, -0.2) is 31.5 Å². The minimum atomic E-state index is -0.569. The number of benzene rings is 12. The molecule has 0 radical (unpaired) electrons. The van der Waals surface area contributed by atoms with Gasteiger partial charge in [-0.05, 0) is 246 Å². The molecule has 17 aromatic rings. The van der Waals surface area contributed by atoms with Crippen LogP contribution in [0, 0.1) is 29.1 Å². The number of nitrogens with one attached hydrogen (secondary N) is 10. The Morgan fingerprint density at radius 3 is 1.13 bits per heavy atom. The summed E-state index contributed by atoms with van der Waals surface area (Å²) in [6.07, 6.45) is 4.17. The highest BCUT2D eigenvalue weighted by Crippen LogP contribution is 2.45. The molecule has 5 aliphatic heterocycles. The molecule has 0 saturated carbocycles. The molecule has 5 aliphatic rings. The van der Waals surface area contributed by atoms with Crippen LogP contribution in [0.15, 0.2) is 253 Å². The molecule has 17 nitrogen and oxygen atoms in total. The lowest BCUT2D eigenvalue weighted by Gasteiger charge is -2.36. The first-order valence-corrected chi connectivity index (χ1v) is 45.8. The highest BCUT2D eigenvalue weighted by atomic mass is 79.9. The number of H-pyrrole nitrogens is 5. The predicted molar refractivity (Wildman–Crippen MR) is 521 cm³/mol. The molecule has 672 valence electrons. The Kier molecular flexibility index (Phi) is 26.7. The largest absolute Gasteiger partial charge is 0.497 e. The fourth-order valence-electron chi connectivity index (χ4n) is 18.8. The van der Waals surface area contributed by atoms with Crippen molar-refractivity contribution >= 4 is 140 Å². The van der Waals surface area contributed by atoms with E-state index in [-0.39, 0.29) is 42.3 Å². The monoisotopic (exact) mass is 1910 g/mol. The van der Waals surface area contributed by atoms with Gasteiger partial charge >= 0.3 is 12.1 Å². The van der Waals surface area contributed by atoms with E-state index < -0.39 is 29.1 Å². The smallest absolute Gasteiger partial charge is 0.322 e. The van der Waals surface area contributed by atoms with Crippen molar-refractivity contribution in [2.45, 2.75) is 82.1 Å². The van der Waals surface area contributed by atoms with E-state index in [1.54, 1.807) is 44.4 Å². The zero-order valence-electron chi connectivity index (χ0n) is 72.4. The summed E-state index contributed by atoms with van der Waals surface area (Å²) in [6, 6.07) is 73.2. The molecule has 0 bridgehead atoms. The summed E-state index contributed by atoms with van der Waals surface area (Å²) in [6.45, 7) is 8.01. The third-order valence-electron chi connectivity index (χ3n) is 25.2. The molecule has 12 aromatic carbocycles. The van der Waals surface area contributed by atoms with E-state index in [0.717, 1.165) is 167 Å². The molecule has 5 unspecified atom stereocenters. The lowest BCUT2D eigenvalue weighted by Crippen LogP contribution is -2.43. The minimum absolute atomic E-state index is 0.175. The molecular weight excluding hydrogens is 1830 g/mol. The van der Waals surface area contributed by atoms with Crippen LogP contribution in [0.3, 0.4) is 0 Å². The second kappa shape index (κ2) is 39.1. The van der Waals surface area contributed by atoms with E-state index >= 15 is 0 Å². The fraction of sp³-hybridized carbons (Fsp3) is 0.200. The molecule has 0 spiro atoms. The normalized spacial score (nSPS) is 16.5. The molecule has 10 heterocycles. The summed E-state index contributed by atoms with van der Waals surface area (Å²) >= 11 is 28.3. The van der Waals surface area contributed by atoms with Crippen molar-refractivity contribution in [1.82, 2.24) is 50.7 Å². The zero-order chi connectivity index (χ0) is 91.7. The van der Waals surface area contributed by atoms with Crippen LogP contribution >= 0.6 is 62.3 Å². The standard InChI is InChI=1S/C26H24ClN3O3.C25H21ClFN3O2.C20H21ClN2.C17H13BrF2N2.C17H13ClF2N2/c1-32-19-9-6-16(7-10-19)25-24-21(22-14-17(27)8-11-23(22)29-24)12-13-30(25)26(31)28-18-4-3-5-20(15-18)33-2;1-32-19-8-5-15(6-9-19)24-23-20(21-13-16(26)7-10-22(21)29-23)11-12-30(24)25(31)28-18-4-2-3-17(27)14-18;1-12(2)13-3-5-14(6-4-13)19-20-16(9-10-22-19)17-11-15(21)7-8-18(17)23-20;2*18-9-1-4-15-13(7-9)11-5-6-21-16(17(11)22-15)12-3-2-10(19)8-14(12)20/h3-11,14-15,25,29H,12-13H2,1-2H3,(H,28,31);2-10,13-14,24,29H,11-12H2,1H3,(H,28,31);3-8,11-12,19,22-23H,9-10H2,1-2H3;2*1-4,7-8,16,21-22H,5-6H2. The summed E-state index contributed by atoms with van der Waals surface area (Å²) in [5.41, 5.74) is 23.0. The average Bonchev–Trinajstić information content (AvgIpc) is 1.61. The van der Waals surface area contributed by atoms with Gasteiger partial charge in [0, 0.05) is 181 Å². The summed E-state index contributed by atoms with van der Waals surface area (Å²) < 4.78 is 85.1. The van der Waals surface area contributed by atoms with Crippen molar-refractivity contribution in [2.75, 3.05) is 64.7 Å². The van der Waals surface area contributed by atoms with Crippen LogP contribution < -0.4 is 40.8 Å². The van der Waals surface area contributed by atoms with Gasteiger partial charge in [0.2, 0.25) is 0 Å². The van der Waals surface area contributed by atoms with Crippen molar-refractivity contribution in [3.05, 3.63) is 392 Å². The van der Waals surface area contributed by atoms with Gasteiger partial charge in [-0.1, -0.05) is 149 Å². The Morgan fingerprint density at radius 1 is 0.371 bits per heavy atom. The Hall–Kier alpha value is -12.6. The zero-order valence-corrected chi connectivity index (χ0v) is 77.0. The number of hydrogen-bond acceptors (Lipinski definition) is 8. The van der Waals surface area contributed by atoms with Crippen molar-refractivity contribution in [1.29, 1.82) is 0 Å². The molecule has 0 fully saturated rings. The molecule has 5 aromatic heterocycles. The second-order valence-corrected chi connectivity index (χ2v) is 36.1. The lowest BCUT2D eigenvalue weighted by molar-refractivity contribution is 0.192. The van der Waals surface area contributed by atoms with Crippen LogP contribution in [0.5, 0.6) is 17.2 Å². The van der Waals surface area contributed by atoms with Gasteiger partial charge in [0.1, 0.15) is 46.3 Å². The van der Waals surface area contributed by atoms with Crippen LogP contribution in [0.25, 0.3) is 54.5 Å². The van der Waals surface area contributed by atoms with Gasteiger partial charge in [0.05, 0.1) is 51.5 Å². The third kappa shape index (κ3) is 18.9. The Balaban J connectivity index is 0.000000112. The minimum Gasteiger partial charge on any atom is -0.497 e. The number of nitrogens with zero attached hydrogens (tertiary/aromatic N) is 2. The summed E-state index contributed by atoms with van der Waals surface area (Å²) in [5.74, 6) is 0.172. The van der Waals surface area contributed by atoms with Crippen molar-refractivity contribution in [2.24, 2.45) is 0 Å². The van der Waals surface area contributed by atoms with Crippen molar-refractivity contribution < 1.29 is 45.8 Å². The molecule has 4 amide bonds. The second-order valence-electron chi connectivity index (χ2n) is 33.4. The summed E-state index contributed by atoms with van der Waals surface area (Å²) in [5, 5.41) is 24.6. The number of amides is 4. The molecule has 10 N–H and O–H groups in total. The number of methoxy groups -OCH3 is 3. The van der Waals surface area contributed by atoms with Crippen LogP contribution in [0.1, 0.15) is 140 Å². The quantitative estimate of drug-likeness (QED) is 0.0563. The number of halogens is 10. The van der Waals surface area contributed by atoms with Crippen molar-refractivity contribution in [3.63, 3.8) is 0 Å². The van der Waals surface area contributed by atoms with E-state index in [1.165, 1.54) is 80.8 Å². The van der Waals surface area contributed by atoms with Crippen LogP contribution in [-0.2, 0) is 32.1 Å². The first kappa shape index (κ1) is 90.0. The average molecular weight is 1920 g/mol. The van der Waals surface area contributed by atoms with Crippen LogP contribution in [-0.4, -0.2) is 101 Å². The van der Waals surface area contributed by atoms with Gasteiger partial charge in [0.25, 0.3) is 0 Å². The summed E-state index contributed by atoms with van der Waals surface area (Å²) in [4.78, 5) is 47.8. The first-order chi connectivity index (χ1) is 64.0. The SMILES string of the molecule is CC(C)c1ccc(C2NCCc3c2[nH]c2ccc(Cl)cc32)cc1.COc1ccc(C2c3[nH]c4ccc(Cl)cc4c3CCN2C(=O)Nc2cccc(F)c2)cc1.COc1ccc(C2c3[nH]c4ccc(Cl)cc4c3CCN2C(=O)Nc2cccc(OC)c2)cc1.Fc1ccc(C2NCCc3c2[nH]c2ccc(Br)cc32)c(F)c1.Fc1ccc(C2NCCc3c2[nH]c2ccc(Cl)cc32)c(F)c1.